The molecule has 0 spiro atoms. The Morgan fingerprint density at radius 3 is 2.75 bits per heavy atom. The lowest BCUT2D eigenvalue weighted by Gasteiger charge is -2.08. The zero-order chi connectivity index (χ0) is 11.4. The minimum Gasteiger partial charge on any atom is -0.290 e. The highest BCUT2D eigenvalue weighted by atomic mass is 32.2. The summed E-state index contributed by atoms with van der Waals surface area (Å²) in [6.07, 6.45) is 6.90. The molecule has 1 atom stereocenters. The Morgan fingerprint density at radius 1 is 1.31 bits per heavy atom. The van der Waals surface area contributed by atoms with Gasteiger partial charge < -0.3 is 0 Å². The molecule has 2 nitrogen and oxygen atoms in total. The van der Waals surface area contributed by atoms with E-state index >= 15 is 0 Å². The van der Waals surface area contributed by atoms with Gasteiger partial charge in [-0.15, -0.1) is 0 Å². The molecule has 3 heteroatoms. The van der Waals surface area contributed by atoms with Gasteiger partial charge in [0.2, 0.25) is 0 Å². The number of allylic oxidation sites excluding steroid dienone is 4. The fourth-order valence-electron chi connectivity index (χ4n) is 1.69. The molecule has 1 aliphatic carbocycles. The van der Waals surface area contributed by atoms with E-state index in [9.17, 15) is 9.59 Å². The Balaban J connectivity index is 2.54. The smallest absolute Gasteiger partial charge is 0.185 e. The van der Waals surface area contributed by atoms with Crippen molar-refractivity contribution in [3.05, 3.63) is 48.1 Å². The minimum atomic E-state index is -1.06. The van der Waals surface area contributed by atoms with Crippen LogP contribution in [0.5, 0.6) is 0 Å². The van der Waals surface area contributed by atoms with Gasteiger partial charge >= 0.3 is 0 Å². The second-order valence-corrected chi connectivity index (χ2v) is 4.81. The van der Waals surface area contributed by atoms with Gasteiger partial charge in [-0.1, -0.05) is 36.4 Å². The van der Waals surface area contributed by atoms with Crippen LogP contribution in [0.3, 0.4) is 0 Å². The normalized spacial score (nSPS) is 15.4. The van der Waals surface area contributed by atoms with Crippen LogP contribution in [0.1, 0.15) is 12.0 Å². The van der Waals surface area contributed by atoms with E-state index in [1.807, 2.05) is 36.4 Å². The monoisotopic (exact) mass is 230 g/mol. The highest BCUT2D eigenvalue weighted by Gasteiger charge is 2.11. The molecule has 0 aromatic heterocycles. The highest BCUT2D eigenvalue weighted by molar-refractivity contribution is 8.25. The van der Waals surface area contributed by atoms with Crippen LogP contribution in [0, 0.1) is 0 Å². The molecule has 0 heterocycles. The van der Waals surface area contributed by atoms with E-state index in [2.05, 4.69) is 6.08 Å². The first-order valence-corrected chi connectivity index (χ1v) is 6.17. The summed E-state index contributed by atoms with van der Waals surface area (Å²) in [6, 6.07) is 7.50. The molecule has 1 aromatic rings. The van der Waals surface area contributed by atoms with E-state index in [1.165, 1.54) is 0 Å². The van der Waals surface area contributed by atoms with Gasteiger partial charge in [-0.3, -0.25) is 4.79 Å². The van der Waals surface area contributed by atoms with Gasteiger partial charge in [0.15, 0.2) is 10.9 Å². The molecule has 80 valence electrons. The van der Waals surface area contributed by atoms with E-state index in [4.69, 9.17) is 0 Å². The van der Waals surface area contributed by atoms with E-state index in [-0.39, 0.29) is 0 Å². The molecule has 0 amide bonds. The van der Waals surface area contributed by atoms with Crippen LogP contribution in [0.2, 0.25) is 0 Å². The largest absolute Gasteiger partial charge is 0.290 e. The Morgan fingerprint density at radius 2 is 2.12 bits per heavy atom. The molecule has 0 bridgehead atoms. The van der Waals surface area contributed by atoms with Gasteiger partial charge in [0, 0.05) is 4.90 Å². The summed E-state index contributed by atoms with van der Waals surface area (Å²) < 4.78 is 0. The predicted molar refractivity (Wildman–Crippen MR) is 66.5 cm³/mol. The lowest BCUT2D eigenvalue weighted by atomic mass is 10.1. The zero-order valence-corrected chi connectivity index (χ0v) is 9.37. The summed E-state index contributed by atoms with van der Waals surface area (Å²) in [4.78, 5) is 22.3. The molecule has 1 aliphatic rings. The molecular formula is C13H10O2S. The standard InChI is InChI=1S/C13H10O2S/c14-9-16(10-15)13-8-4-3-7-12(13)11-5-1-2-6-11/h1-5,7-9H,6H2. The highest BCUT2D eigenvalue weighted by Crippen LogP contribution is 2.33. The van der Waals surface area contributed by atoms with Gasteiger partial charge in [-0.05, 0) is 34.1 Å². The fourth-order valence-corrected chi connectivity index (χ4v) is 2.58. The minimum absolute atomic E-state index is 0.661. The Hall–Kier alpha value is -1.70. The van der Waals surface area contributed by atoms with Gasteiger partial charge in [0.05, 0.1) is 0 Å². The summed E-state index contributed by atoms with van der Waals surface area (Å²) in [5.74, 6) is 0. The Kier molecular flexibility index (Phi) is 3.30. The maximum Gasteiger partial charge on any atom is 0.185 e. The first-order valence-electron chi connectivity index (χ1n) is 4.88. The summed E-state index contributed by atoms with van der Waals surface area (Å²) in [5, 5.41) is 1.79. The van der Waals surface area contributed by atoms with Crippen LogP contribution in [0.15, 0.2) is 47.4 Å². The lowest BCUT2D eigenvalue weighted by Crippen LogP contribution is -1.87. The van der Waals surface area contributed by atoms with Crippen LogP contribution in [0.25, 0.3) is 5.57 Å². The van der Waals surface area contributed by atoms with Crippen LogP contribution >= 0.6 is 10.5 Å². The molecule has 0 aliphatic heterocycles. The quantitative estimate of drug-likeness (QED) is 0.591. The van der Waals surface area contributed by atoms with E-state index in [1.54, 1.807) is 5.23 Å². The second kappa shape index (κ2) is 4.88. The van der Waals surface area contributed by atoms with Crippen molar-refractivity contribution in [1.29, 1.82) is 0 Å². The maximum atomic E-state index is 10.8. The van der Waals surface area contributed by atoms with Crippen molar-refractivity contribution in [3.63, 3.8) is 0 Å². The Bertz CT molecular complexity index is 535. The number of hydrogen-bond acceptors (Lipinski definition) is 2. The SMILES string of the molecule is O=C=S(C=O)c1ccccc1C1=CC=CC1. The molecule has 1 unspecified atom stereocenters. The van der Waals surface area contributed by atoms with E-state index < -0.39 is 10.5 Å². The third kappa shape index (κ3) is 1.96. The van der Waals surface area contributed by atoms with Crippen molar-refractivity contribution in [1.82, 2.24) is 0 Å². The van der Waals surface area contributed by atoms with Gasteiger partial charge in [0.25, 0.3) is 0 Å². The zero-order valence-electron chi connectivity index (χ0n) is 8.55. The Labute approximate surface area is 96.2 Å². The number of carbonyl (C=O) groups excluding carboxylic acids is 2. The van der Waals surface area contributed by atoms with Gasteiger partial charge in [-0.25, -0.2) is 4.79 Å². The van der Waals surface area contributed by atoms with Crippen LogP contribution in [0.4, 0.5) is 0 Å². The summed E-state index contributed by atoms with van der Waals surface area (Å²) in [5.41, 5.74) is 2.78. The van der Waals surface area contributed by atoms with E-state index in [0.29, 0.717) is 5.62 Å². The number of carbonyl (C=O) groups is 1. The first-order chi connectivity index (χ1) is 7.86. The number of rotatable bonds is 3. The molecule has 0 N–H and O–H groups in total. The van der Waals surface area contributed by atoms with Crippen molar-refractivity contribution in [2.24, 2.45) is 0 Å². The van der Waals surface area contributed by atoms with Crippen molar-refractivity contribution >= 4 is 26.9 Å². The molecule has 0 saturated heterocycles. The molecule has 0 radical (unpaired) electrons. The summed E-state index contributed by atoms with van der Waals surface area (Å²) in [7, 11) is -1.06. The molecule has 1 aromatic carbocycles. The van der Waals surface area contributed by atoms with Crippen molar-refractivity contribution in [2.75, 3.05) is 0 Å². The number of hydrogen-bond donors (Lipinski definition) is 0. The van der Waals surface area contributed by atoms with Crippen LogP contribution in [-0.4, -0.2) is 10.9 Å². The molecular weight excluding hydrogens is 220 g/mol. The van der Waals surface area contributed by atoms with Crippen molar-refractivity contribution in [3.8, 4) is 0 Å². The molecule has 2 rings (SSSR count). The van der Waals surface area contributed by atoms with Crippen molar-refractivity contribution < 1.29 is 9.59 Å². The topological polar surface area (TPSA) is 34.1 Å². The van der Waals surface area contributed by atoms with Gasteiger partial charge in [-0.2, -0.15) is 0 Å². The summed E-state index contributed by atoms with van der Waals surface area (Å²) >= 11 is 0. The van der Waals surface area contributed by atoms with Crippen LogP contribution < -0.4 is 0 Å². The lowest BCUT2D eigenvalue weighted by molar-refractivity contribution is 0.568. The third-order valence-electron chi connectivity index (χ3n) is 2.43. The third-order valence-corrected chi connectivity index (χ3v) is 3.63. The molecule has 0 fully saturated rings. The fraction of sp³-hybridized carbons (Fsp3) is 0.0769. The number of benzene rings is 1. The summed E-state index contributed by atoms with van der Waals surface area (Å²) in [6.45, 7) is 0. The molecule has 16 heavy (non-hydrogen) atoms. The average molecular weight is 230 g/mol. The van der Waals surface area contributed by atoms with Gasteiger partial charge in [0.1, 0.15) is 0 Å². The van der Waals surface area contributed by atoms with Crippen LogP contribution in [-0.2, 0) is 9.59 Å². The predicted octanol–water partition coefficient (Wildman–Crippen LogP) is 2.92. The van der Waals surface area contributed by atoms with Crippen molar-refractivity contribution in [2.45, 2.75) is 11.3 Å². The second-order valence-electron chi connectivity index (χ2n) is 3.34. The first kappa shape index (κ1) is 10.8. The molecule has 0 saturated carbocycles. The van der Waals surface area contributed by atoms with E-state index in [0.717, 1.165) is 22.5 Å². The maximum absolute atomic E-state index is 10.8. The average Bonchev–Trinajstić information content (AvgIpc) is 2.85.